The molecule has 0 aliphatic heterocycles. The highest BCUT2D eigenvalue weighted by Crippen LogP contribution is 2.20. The first-order chi connectivity index (χ1) is 8.40. The third-order valence-corrected chi connectivity index (χ3v) is 1.86. The van der Waals surface area contributed by atoms with E-state index in [0.29, 0.717) is 0 Å². The summed E-state index contributed by atoms with van der Waals surface area (Å²) in [4.78, 5) is 22.6. The average molecular weight is 245 g/mol. The Hall–Kier alpha value is -2.36. The standard InChI is InChI=1S/C14H13O4/c1-9(2)13(15)17-11-6-5-7-12(8-11)18-14(16)10(3)4/h5-6,8H,1,3H2,2,4H3. The lowest BCUT2D eigenvalue weighted by molar-refractivity contribution is -0.130. The van der Waals surface area contributed by atoms with Crippen molar-refractivity contribution >= 4 is 11.9 Å². The van der Waals surface area contributed by atoms with Crippen molar-refractivity contribution in [2.24, 2.45) is 0 Å². The van der Waals surface area contributed by atoms with Crippen LogP contribution >= 0.6 is 0 Å². The van der Waals surface area contributed by atoms with E-state index in [1.165, 1.54) is 25.1 Å². The van der Waals surface area contributed by atoms with E-state index in [9.17, 15) is 9.59 Å². The lowest BCUT2D eigenvalue weighted by atomic mass is 10.3. The maximum Gasteiger partial charge on any atom is 0.338 e. The molecule has 0 aromatic heterocycles. The Morgan fingerprint density at radius 1 is 1.11 bits per heavy atom. The fourth-order valence-corrected chi connectivity index (χ4v) is 0.928. The summed E-state index contributed by atoms with van der Waals surface area (Å²) in [5, 5.41) is 0. The Labute approximate surface area is 106 Å². The maximum absolute atomic E-state index is 11.3. The normalized spacial score (nSPS) is 9.44. The van der Waals surface area contributed by atoms with Crippen molar-refractivity contribution in [1.29, 1.82) is 0 Å². The second-order valence-corrected chi connectivity index (χ2v) is 3.73. The zero-order chi connectivity index (χ0) is 13.7. The van der Waals surface area contributed by atoms with E-state index in [2.05, 4.69) is 19.2 Å². The van der Waals surface area contributed by atoms with E-state index >= 15 is 0 Å². The molecule has 0 aliphatic carbocycles. The average Bonchev–Trinajstić information content (AvgIpc) is 2.29. The van der Waals surface area contributed by atoms with Crippen LogP contribution < -0.4 is 9.47 Å². The van der Waals surface area contributed by atoms with Gasteiger partial charge >= 0.3 is 11.9 Å². The molecular formula is C14H13O4. The van der Waals surface area contributed by atoms with Gasteiger partial charge in [0.25, 0.3) is 0 Å². The first kappa shape index (κ1) is 13.7. The third kappa shape index (κ3) is 3.90. The van der Waals surface area contributed by atoms with E-state index in [4.69, 9.17) is 9.47 Å². The number of ether oxygens (including phenoxy) is 2. The monoisotopic (exact) mass is 245 g/mol. The number of rotatable bonds is 4. The maximum atomic E-state index is 11.3. The van der Waals surface area contributed by atoms with E-state index in [-0.39, 0.29) is 22.6 Å². The van der Waals surface area contributed by atoms with Crippen LogP contribution in [0.4, 0.5) is 0 Å². The highest BCUT2D eigenvalue weighted by molar-refractivity contribution is 5.89. The molecular weight excluding hydrogens is 232 g/mol. The Balaban J connectivity index is 2.80. The molecule has 0 amide bonds. The third-order valence-electron chi connectivity index (χ3n) is 1.86. The van der Waals surface area contributed by atoms with Gasteiger partial charge in [0.1, 0.15) is 11.5 Å². The second kappa shape index (κ2) is 5.82. The topological polar surface area (TPSA) is 52.6 Å². The van der Waals surface area contributed by atoms with Crippen molar-refractivity contribution in [2.45, 2.75) is 13.8 Å². The van der Waals surface area contributed by atoms with Crippen LogP contribution in [-0.4, -0.2) is 11.9 Å². The quantitative estimate of drug-likeness (QED) is 0.464. The van der Waals surface area contributed by atoms with Crippen molar-refractivity contribution in [3.8, 4) is 11.5 Å². The fourth-order valence-electron chi connectivity index (χ4n) is 0.928. The molecule has 0 bridgehead atoms. The summed E-state index contributed by atoms with van der Waals surface area (Å²) in [6, 6.07) is 7.10. The van der Waals surface area contributed by atoms with Crippen LogP contribution in [0.5, 0.6) is 11.5 Å². The summed E-state index contributed by atoms with van der Waals surface area (Å²) < 4.78 is 9.94. The Bertz CT molecular complexity index is 471. The molecule has 1 aromatic carbocycles. The highest BCUT2D eigenvalue weighted by atomic mass is 16.5. The second-order valence-electron chi connectivity index (χ2n) is 3.73. The molecule has 4 nitrogen and oxygen atoms in total. The highest BCUT2D eigenvalue weighted by Gasteiger charge is 2.09. The van der Waals surface area contributed by atoms with Crippen molar-refractivity contribution in [3.63, 3.8) is 0 Å². The molecule has 93 valence electrons. The van der Waals surface area contributed by atoms with Crippen LogP contribution in [0.2, 0.25) is 0 Å². The van der Waals surface area contributed by atoms with Gasteiger partial charge < -0.3 is 9.47 Å². The number of carbonyl (C=O) groups excluding carboxylic acids is 2. The van der Waals surface area contributed by atoms with Gasteiger partial charge in [-0.25, -0.2) is 9.59 Å². The smallest absolute Gasteiger partial charge is 0.338 e. The lowest BCUT2D eigenvalue weighted by Gasteiger charge is -2.06. The summed E-state index contributed by atoms with van der Waals surface area (Å²) in [7, 11) is 0. The van der Waals surface area contributed by atoms with Crippen LogP contribution in [0.25, 0.3) is 0 Å². The predicted octanol–water partition coefficient (Wildman–Crippen LogP) is 2.45. The van der Waals surface area contributed by atoms with Gasteiger partial charge in [0, 0.05) is 23.3 Å². The van der Waals surface area contributed by atoms with Crippen molar-refractivity contribution in [3.05, 3.63) is 48.6 Å². The molecule has 1 radical (unpaired) electrons. The molecule has 1 aromatic rings. The van der Waals surface area contributed by atoms with Crippen LogP contribution in [0, 0.1) is 6.07 Å². The van der Waals surface area contributed by atoms with Crippen LogP contribution in [0.15, 0.2) is 42.5 Å². The number of benzene rings is 1. The first-order valence-corrected chi connectivity index (χ1v) is 5.17. The minimum absolute atomic E-state index is 0.162. The van der Waals surface area contributed by atoms with Gasteiger partial charge in [0.2, 0.25) is 0 Å². The Morgan fingerprint density at radius 2 is 1.67 bits per heavy atom. The van der Waals surface area contributed by atoms with Gasteiger partial charge in [-0.2, -0.15) is 0 Å². The van der Waals surface area contributed by atoms with Crippen molar-refractivity contribution in [2.75, 3.05) is 0 Å². The minimum atomic E-state index is -0.561. The number of carbonyl (C=O) groups is 2. The minimum Gasteiger partial charge on any atom is -0.423 e. The van der Waals surface area contributed by atoms with Gasteiger partial charge in [-0.1, -0.05) is 13.2 Å². The van der Waals surface area contributed by atoms with E-state index in [0.717, 1.165) is 0 Å². The molecule has 0 spiro atoms. The zero-order valence-corrected chi connectivity index (χ0v) is 10.3. The first-order valence-electron chi connectivity index (χ1n) is 5.17. The SMILES string of the molecule is C=C(C)C(=O)Oc1[c]ccc(OC(=O)C(=C)C)c1. The van der Waals surface area contributed by atoms with E-state index in [1.807, 2.05) is 0 Å². The Kier molecular flexibility index (Phi) is 4.43. The molecule has 0 atom stereocenters. The molecule has 0 heterocycles. The van der Waals surface area contributed by atoms with Gasteiger partial charge in [0.05, 0.1) is 0 Å². The molecule has 18 heavy (non-hydrogen) atoms. The summed E-state index contributed by atoms with van der Waals surface area (Å²) in [5.74, 6) is -0.686. The van der Waals surface area contributed by atoms with Gasteiger partial charge in [-0.3, -0.25) is 0 Å². The molecule has 0 aliphatic rings. The Morgan fingerprint density at radius 3 is 2.22 bits per heavy atom. The van der Waals surface area contributed by atoms with Gasteiger partial charge in [0.15, 0.2) is 0 Å². The van der Waals surface area contributed by atoms with Crippen molar-refractivity contribution < 1.29 is 19.1 Å². The molecule has 1 rings (SSSR count). The van der Waals surface area contributed by atoms with E-state index < -0.39 is 11.9 Å². The zero-order valence-electron chi connectivity index (χ0n) is 10.3. The number of esters is 2. The molecule has 0 unspecified atom stereocenters. The predicted molar refractivity (Wildman–Crippen MR) is 66.2 cm³/mol. The lowest BCUT2D eigenvalue weighted by Crippen LogP contribution is -2.10. The van der Waals surface area contributed by atoms with E-state index in [1.54, 1.807) is 6.92 Å². The number of hydrogen-bond donors (Lipinski definition) is 0. The molecule has 0 fully saturated rings. The molecule has 0 saturated carbocycles. The summed E-state index contributed by atoms with van der Waals surface area (Å²) in [6.07, 6.45) is 0. The summed E-state index contributed by atoms with van der Waals surface area (Å²) in [6.45, 7) is 10.0. The van der Waals surface area contributed by atoms with Gasteiger partial charge in [-0.15, -0.1) is 0 Å². The van der Waals surface area contributed by atoms with Crippen molar-refractivity contribution in [1.82, 2.24) is 0 Å². The van der Waals surface area contributed by atoms with Crippen LogP contribution in [0.1, 0.15) is 13.8 Å². The number of hydrogen-bond acceptors (Lipinski definition) is 4. The molecule has 0 saturated heterocycles. The fraction of sp³-hybridized carbons (Fsp3) is 0.143. The molecule has 0 N–H and O–H groups in total. The largest absolute Gasteiger partial charge is 0.423 e. The van der Waals surface area contributed by atoms with Crippen LogP contribution in [0.3, 0.4) is 0 Å². The van der Waals surface area contributed by atoms with Crippen LogP contribution in [-0.2, 0) is 9.59 Å². The summed E-state index contributed by atoms with van der Waals surface area (Å²) >= 11 is 0. The van der Waals surface area contributed by atoms with Gasteiger partial charge in [-0.05, 0) is 26.0 Å². The summed E-state index contributed by atoms with van der Waals surface area (Å²) in [5.41, 5.74) is 0.552. The molecule has 4 heteroatoms.